The summed E-state index contributed by atoms with van der Waals surface area (Å²) >= 11 is 0. The van der Waals surface area contributed by atoms with Crippen LogP contribution in [0.2, 0.25) is 0 Å². The summed E-state index contributed by atoms with van der Waals surface area (Å²) in [5.74, 6) is 0.173. The second-order valence-electron chi connectivity index (χ2n) is 5.91. The minimum atomic E-state index is 0.173. The first-order valence-corrected chi connectivity index (χ1v) is 8.67. The first-order valence-electron chi connectivity index (χ1n) is 8.67. The predicted octanol–water partition coefficient (Wildman–Crippen LogP) is 4.32. The van der Waals surface area contributed by atoms with E-state index in [0.29, 0.717) is 6.42 Å². The van der Waals surface area contributed by atoms with Crippen LogP contribution in [0.1, 0.15) is 42.9 Å². The fraction of sp³-hybridized carbons (Fsp3) is 0.381. The van der Waals surface area contributed by atoms with Crippen molar-refractivity contribution in [2.75, 3.05) is 6.54 Å². The van der Waals surface area contributed by atoms with E-state index in [4.69, 9.17) is 0 Å². The lowest BCUT2D eigenvalue weighted by atomic mass is 10.0. The molecule has 0 saturated heterocycles. The van der Waals surface area contributed by atoms with Gasteiger partial charge in [0.25, 0.3) is 0 Å². The highest BCUT2D eigenvalue weighted by Gasteiger charge is 2.03. The maximum atomic E-state index is 11.9. The second kappa shape index (κ2) is 9.83. The van der Waals surface area contributed by atoms with Crippen LogP contribution in [0.25, 0.3) is 0 Å². The Bertz CT molecular complexity index is 592. The maximum absolute atomic E-state index is 11.9. The van der Waals surface area contributed by atoms with Gasteiger partial charge in [-0.2, -0.15) is 0 Å². The van der Waals surface area contributed by atoms with Gasteiger partial charge in [0.1, 0.15) is 0 Å². The van der Waals surface area contributed by atoms with Gasteiger partial charge in [0.05, 0.1) is 0 Å². The Morgan fingerprint density at radius 2 is 1.57 bits per heavy atom. The van der Waals surface area contributed by atoms with Crippen LogP contribution in [0.3, 0.4) is 0 Å². The molecule has 2 heteroatoms. The maximum Gasteiger partial charge on any atom is 0.220 e. The molecule has 0 spiro atoms. The number of hydrogen-bond acceptors (Lipinski definition) is 1. The lowest BCUT2D eigenvalue weighted by molar-refractivity contribution is -0.121. The van der Waals surface area contributed by atoms with E-state index < -0.39 is 0 Å². The summed E-state index contributed by atoms with van der Waals surface area (Å²) in [4.78, 5) is 11.9. The predicted molar refractivity (Wildman–Crippen MR) is 96.5 cm³/mol. The molecule has 0 unspecified atom stereocenters. The van der Waals surface area contributed by atoms with Gasteiger partial charge in [-0.05, 0) is 48.8 Å². The summed E-state index contributed by atoms with van der Waals surface area (Å²) in [5.41, 5.74) is 4.08. The summed E-state index contributed by atoms with van der Waals surface area (Å²) in [6, 6.07) is 18.9. The first-order chi connectivity index (χ1) is 11.3. The Morgan fingerprint density at radius 1 is 0.870 bits per heavy atom. The Labute approximate surface area is 139 Å². The molecule has 0 heterocycles. The fourth-order valence-corrected chi connectivity index (χ4v) is 2.83. The van der Waals surface area contributed by atoms with Gasteiger partial charge < -0.3 is 5.32 Å². The van der Waals surface area contributed by atoms with E-state index in [9.17, 15) is 4.79 Å². The van der Waals surface area contributed by atoms with Crippen LogP contribution < -0.4 is 5.32 Å². The normalized spacial score (nSPS) is 10.5. The zero-order valence-corrected chi connectivity index (χ0v) is 14.1. The average molecular weight is 309 g/mol. The SMILES string of the molecule is CCc1ccccc1CCNC(=O)CCCCc1ccccc1. The molecule has 23 heavy (non-hydrogen) atoms. The van der Waals surface area contributed by atoms with Gasteiger partial charge in [-0.25, -0.2) is 0 Å². The van der Waals surface area contributed by atoms with E-state index in [1.807, 2.05) is 6.07 Å². The highest BCUT2D eigenvalue weighted by molar-refractivity contribution is 5.75. The summed E-state index contributed by atoms with van der Waals surface area (Å²) in [6.45, 7) is 2.90. The Morgan fingerprint density at radius 3 is 2.30 bits per heavy atom. The molecule has 0 atom stereocenters. The van der Waals surface area contributed by atoms with Gasteiger partial charge in [-0.15, -0.1) is 0 Å². The first kappa shape index (κ1) is 17.3. The van der Waals surface area contributed by atoms with Gasteiger partial charge in [0, 0.05) is 13.0 Å². The number of carbonyl (C=O) groups excluding carboxylic acids is 1. The molecule has 2 rings (SSSR count). The molecule has 0 fully saturated rings. The van der Waals surface area contributed by atoms with Gasteiger partial charge in [-0.3, -0.25) is 4.79 Å². The van der Waals surface area contributed by atoms with Crippen molar-refractivity contribution in [1.82, 2.24) is 5.32 Å². The number of unbranched alkanes of at least 4 members (excludes halogenated alkanes) is 1. The number of amides is 1. The van der Waals surface area contributed by atoms with E-state index in [2.05, 4.69) is 60.8 Å². The Kier molecular flexibility index (Phi) is 7.38. The number of carbonyl (C=O) groups is 1. The molecule has 122 valence electrons. The minimum absolute atomic E-state index is 0.173. The molecule has 2 nitrogen and oxygen atoms in total. The second-order valence-corrected chi connectivity index (χ2v) is 5.91. The van der Waals surface area contributed by atoms with Crippen molar-refractivity contribution >= 4 is 5.91 Å². The molecule has 0 saturated carbocycles. The third-order valence-electron chi connectivity index (χ3n) is 4.18. The van der Waals surface area contributed by atoms with Crippen LogP contribution in [0.15, 0.2) is 54.6 Å². The smallest absolute Gasteiger partial charge is 0.220 e. The molecule has 0 aliphatic rings. The van der Waals surface area contributed by atoms with Crippen molar-refractivity contribution in [3.05, 3.63) is 71.3 Å². The molecule has 0 bridgehead atoms. The van der Waals surface area contributed by atoms with E-state index in [1.165, 1.54) is 16.7 Å². The standard InChI is InChI=1S/C21H27NO/c1-2-19-13-7-8-14-20(19)16-17-22-21(23)15-9-6-12-18-10-4-3-5-11-18/h3-5,7-8,10-11,13-14H,2,6,9,12,15-17H2,1H3,(H,22,23). The summed E-state index contributed by atoms with van der Waals surface area (Å²) in [5, 5.41) is 3.04. The van der Waals surface area contributed by atoms with Crippen molar-refractivity contribution in [1.29, 1.82) is 0 Å². The van der Waals surface area contributed by atoms with Crippen LogP contribution in [0, 0.1) is 0 Å². The number of aryl methyl sites for hydroxylation is 2. The molecule has 0 aromatic heterocycles. The van der Waals surface area contributed by atoms with Crippen LogP contribution in [0.5, 0.6) is 0 Å². The molecule has 2 aromatic carbocycles. The van der Waals surface area contributed by atoms with Crippen molar-refractivity contribution in [3.8, 4) is 0 Å². The molecule has 0 radical (unpaired) electrons. The van der Waals surface area contributed by atoms with Crippen LogP contribution in [-0.2, 0) is 24.1 Å². The van der Waals surface area contributed by atoms with Crippen molar-refractivity contribution in [2.45, 2.75) is 45.4 Å². The monoisotopic (exact) mass is 309 g/mol. The van der Waals surface area contributed by atoms with E-state index in [1.54, 1.807) is 0 Å². The largest absolute Gasteiger partial charge is 0.356 e. The van der Waals surface area contributed by atoms with Gasteiger partial charge >= 0.3 is 0 Å². The summed E-state index contributed by atoms with van der Waals surface area (Å²) < 4.78 is 0. The molecule has 1 N–H and O–H groups in total. The van der Waals surface area contributed by atoms with E-state index in [0.717, 1.165) is 38.6 Å². The zero-order valence-electron chi connectivity index (χ0n) is 14.1. The lowest BCUT2D eigenvalue weighted by Gasteiger charge is -2.09. The number of nitrogens with one attached hydrogen (secondary N) is 1. The third kappa shape index (κ3) is 6.27. The van der Waals surface area contributed by atoms with Crippen molar-refractivity contribution < 1.29 is 4.79 Å². The molecule has 2 aromatic rings. The number of benzene rings is 2. The van der Waals surface area contributed by atoms with Crippen LogP contribution in [-0.4, -0.2) is 12.5 Å². The van der Waals surface area contributed by atoms with Crippen molar-refractivity contribution in [2.24, 2.45) is 0 Å². The Balaban J connectivity index is 1.60. The summed E-state index contributed by atoms with van der Waals surface area (Å²) in [7, 11) is 0. The summed E-state index contributed by atoms with van der Waals surface area (Å²) in [6.07, 6.45) is 5.66. The number of hydrogen-bond donors (Lipinski definition) is 1. The number of rotatable bonds is 9. The van der Waals surface area contributed by atoms with Gasteiger partial charge in [0.15, 0.2) is 0 Å². The third-order valence-corrected chi connectivity index (χ3v) is 4.18. The minimum Gasteiger partial charge on any atom is -0.356 e. The zero-order chi connectivity index (χ0) is 16.3. The van der Waals surface area contributed by atoms with Crippen molar-refractivity contribution in [3.63, 3.8) is 0 Å². The fourth-order valence-electron chi connectivity index (χ4n) is 2.83. The quantitative estimate of drug-likeness (QED) is 0.687. The van der Waals surface area contributed by atoms with E-state index in [-0.39, 0.29) is 5.91 Å². The highest BCUT2D eigenvalue weighted by atomic mass is 16.1. The lowest BCUT2D eigenvalue weighted by Crippen LogP contribution is -2.25. The Hall–Kier alpha value is -2.09. The highest BCUT2D eigenvalue weighted by Crippen LogP contribution is 2.10. The van der Waals surface area contributed by atoms with Crippen LogP contribution in [0.4, 0.5) is 0 Å². The molecular formula is C21H27NO. The molecular weight excluding hydrogens is 282 g/mol. The average Bonchev–Trinajstić information content (AvgIpc) is 2.60. The molecule has 1 amide bonds. The molecule has 0 aliphatic heterocycles. The van der Waals surface area contributed by atoms with Gasteiger partial charge in [0.2, 0.25) is 5.91 Å². The van der Waals surface area contributed by atoms with E-state index >= 15 is 0 Å². The topological polar surface area (TPSA) is 29.1 Å². The van der Waals surface area contributed by atoms with Crippen LogP contribution >= 0.6 is 0 Å². The van der Waals surface area contributed by atoms with Gasteiger partial charge in [-0.1, -0.05) is 61.5 Å². The molecule has 0 aliphatic carbocycles.